The maximum atomic E-state index is 10.00. The highest BCUT2D eigenvalue weighted by atomic mass is 16.1. The van der Waals surface area contributed by atoms with Gasteiger partial charge >= 0.3 is 0 Å². The van der Waals surface area contributed by atoms with E-state index in [4.69, 9.17) is 0 Å². The summed E-state index contributed by atoms with van der Waals surface area (Å²) >= 11 is 0. The van der Waals surface area contributed by atoms with Crippen molar-refractivity contribution < 1.29 is 4.79 Å². The van der Waals surface area contributed by atoms with E-state index in [9.17, 15) is 4.79 Å². The van der Waals surface area contributed by atoms with Crippen molar-refractivity contribution in [1.82, 2.24) is 0 Å². The predicted octanol–water partition coefficient (Wildman–Crippen LogP) is 5.72. The van der Waals surface area contributed by atoms with Gasteiger partial charge < -0.3 is 0 Å². The van der Waals surface area contributed by atoms with Crippen LogP contribution in [-0.2, 0) is 4.79 Å². The Hall–Kier alpha value is -1.63. The van der Waals surface area contributed by atoms with Crippen molar-refractivity contribution >= 4 is 6.29 Å². The molecule has 1 heteroatoms. The summed E-state index contributed by atoms with van der Waals surface area (Å²) in [7, 11) is 0. The molecule has 0 fully saturated rings. The standard InChI is InChI=1S/C19H28O/c1-2-3-4-5-6-7-8-9-10-11-12-13-14-15-16-17-18-19-20/h9-19H,2-8H2,1H3/b10-9-,12-11+,14-13-,16-15-,18-17+. The molecule has 0 saturated heterocycles. The smallest absolute Gasteiger partial charge is 0.142 e. The lowest BCUT2D eigenvalue weighted by molar-refractivity contribution is -0.104. The molecule has 20 heavy (non-hydrogen) atoms. The summed E-state index contributed by atoms with van der Waals surface area (Å²) in [6.07, 6.45) is 29.3. The zero-order chi connectivity index (χ0) is 14.7. The van der Waals surface area contributed by atoms with Crippen molar-refractivity contribution in [2.75, 3.05) is 0 Å². The van der Waals surface area contributed by atoms with E-state index in [1.54, 1.807) is 6.08 Å². The maximum Gasteiger partial charge on any atom is 0.142 e. The lowest BCUT2D eigenvalue weighted by Crippen LogP contribution is -1.77. The van der Waals surface area contributed by atoms with E-state index >= 15 is 0 Å². The molecule has 0 spiro atoms. The average molecular weight is 272 g/mol. The lowest BCUT2D eigenvalue weighted by Gasteiger charge is -1.97. The summed E-state index contributed by atoms with van der Waals surface area (Å²) in [6.45, 7) is 2.25. The van der Waals surface area contributed by atoms with Gasteiger partial charge in [-0.05, 0) is 18.9 Å². The van der Waals surface area contributed by atoms with Gasteiger partial charge in [0.05, 0.1) is 0 Å². The van der Waals surface area contributed by atoms with Crippen LogP contribution in [0.1, 0.15) is 51.9 Å². The molecule has 0 aromatic carbocycles. The minimum Gasteiger partial charge on any atom is -0.299 e. The summed E-state index contributed by atoms with van der Waals surface area (Å²) in [5.74, 6) is 0. The highest BCUT2D eigenvalue weighted by molar-refractivity contribution is 5.65. The minimum atomic E-state index is 0.766. The van der Waals surface area contributed by atoms with Gasteiger partial charge in [-0.1, -0.05) is 93.7 Å². The zero-order valence-electron chi connectivity index (χ0n) is 12.7. The molecule has 0 aliphatic rings. The van der Waals surface area contributed by atoms with Crippen LogP contribution in [0.4, 0.5) is 0 Å². The fraction of sp³-hybridized carbons (Fsp3) is 0.421. The second-order valence-corrected chi connectivity index (χ2v) is 4.66. The van der Waals surface area contributed by atoms with Gasteiger partial charge in [0, 0.05) is 0 Å². The third kappa shape index (κ3) is 16.4. The number of unbranched alkanes of at least 4 members (excludes halogenated alkanes) is 6. The van der Waals surface area contributed by atoms with Gasteiger partial charge in [-0.2, -0.15) is 0 Å². The number of hydrogen-bond acceptors (Lipinski definition) is 1. The summed E-state index contributed by atoms with van der Waals surface area (Å²) < 4.78 is 0. The Morgan fingerprint density at radius 2 is 1.10 bits per heavy atom. The largest absolute Gasteiger partial charge is 0.299 e. The molecule has 0 bridgehead atoms. The van der Waals surface area contributed by atoms with Gasteiger partial charge in [0.2, 0.25) is 0 Å². The molecular formula is C19H28O. The monoisotopic (exact) mass is 272 g/mol. The number of hydrogen-bond donors (Lipinski definition) is 0. The van der Waals surface area contributed by atoms with Gasteiger partial charge in [0.15, 0.2) is 0 Å². The summed E-state index contributed by atoms with van der Waals surface area (Å²) in [5.41, 5.74) is 0. The molecule has 1 nitrogen and oxygen atoms in total. The first-order valence-corrected chi connectivity index (χ1v) is 7.68. The van der Waals surface area contributed by atoms with Crippen molar-refractivity contribution in [2.45, 2.75) is 51.9 Å². The van der Waals surface area contributed by atoms with Crippen LogP contribution in [-0.4, -0.2) is 6.29 Å². The van der Waals surface area contributed by atoms with E-state index < -0.39 is 0 Å². The molecule has 0 N–H and O–H groups in total. The number of aldehydes is 1. The zero-order valence-corrected chi connectivity index (χ0v) is 12.7. The van der Waals surface area contributed by atoms with E-state index in [-0.39, 0.29) is 0 Å². The minimum absolute atomic E-state index is 0.766. The van der Waals surface area contributed by atoms with Crippen molar-refractivity contribution in [3.05, 3.63) is 60.8 Å². The average Bonchev–Trinajstić information content (AvgIpc) is 2.47. The van der Waals surface area contributed by atoms with Crippen LogP contribution in [0.2, 0.25) is 0 Å². The van der Waals surface area contributed by atoms with Crippen LogP contribution in [0, 0.1) is 0 Å². The molecule has 0 saturated carbocycles. The Labute approximate surface area is 124 Å². The van der Waals surface area contributed by atoms with Crippen LogP contribution >= 0.6 is 0 Å². The fourth-order valence-corrected chi connectivity index (χ4v) is 1.71. The predicted molar refractivity (Wildman–Crippen MR) is 89.8 cm³/mol. The summed E-state index contributed by atoms with van der Waals surface area (Å²) in [6, 6.07) is 0. The highest BCUT2D eigenvalue weighted by Crippen LogP contribution is 2.07. The Balaban J connectivity index is 3.47. The first kappa shape index (κ1) is 18.4. The Bertz CT molecular complexity index is 343. The van der Waals surface area contributed by atoms with E-state index in [1.165, 1.54) is 51.0 Å². The SMILES string of the molecule is CCCCCCCC\C=C/C=C/C=C\C=C/C=C/C=O. The van der Waals surface area contributed by atoms with Crippen molar-refractivity contribution in [3.8, 4) is 0 Å². The lowest BCUT2D eigenvalue weighted by atomic mass is 10.1. The molecule has 0 heterocycles. The Morgan fingerprint density at radius 3 is 1.70 bits per heavy atom. The van der Waals surface area contributed by atoms with Crippen molar-refractivity contribution in [2.24, 2.45) is 0 Å². The topological polar surface area (TPSA) is 17.1 Å². The Kier molecular flexibility index (Phi) is 16.0. The van der Waals surface area contributed by atoms with Crippen molar-refractivity contribution in [1.29, 1.82) is 0 Å². The quantitative estimate of drug-likeness (QED) is 0.192. The van der Waals surface area contributed by atoms with E-state index in [2.05, 4.69) is 19.1 Å². The van der Waals surface area contributed by atoms with Gasteiger partial charge in [-0.15, -0.1) is 0 Å². The molecule has 0 aliphatic heterocycles. The van der Waals surface area contributed by atoms with E-state index in [1.807, 2.05) is 36.5 Å². The van der Waals surface area contributed by atoms with Crippen LogP contribution in [0.3, 0.4) is 0 Å². The maximum absolute atomic E-state index is 10.00. The van der Waals surface area contributed by atoms with Gasteiger partial charge in [0.1, 0.15) is 6.29 Å². The van der Waals surface area contributed by atoms with E-state index in [0.29, 0.717) is 0 Å². The molecule has 0 amide bonds. The van der Waals surface area contributed by atoms with Crippen LogP contribution in [0.25, 0.3) is 0 Å². The molecule has 0 aromatic heterocycles. The van der Waals surface area contributed by atoms with E-state index in [0.717, 1.165) is 6.29 Å². The number of carbonyl (C=O) groups excluding carboxylic acids is 1. The third-order valence-corrected chi connectivity index (χ3v) is 2.83. The number of carbonyl (C=O) groups is 1. The fourth-order valence-electron chi connectivity index (χ4n) is 1.71. The normalized spacial score (nSPS) is 12.8. The van der Waals surface area contributed by atoms with Crippen LogP contribution < -0.4 is 0 Å². The number of allylic oxidation sites excluding steroid dienone is 10. The van der Waals surface area contributed by atoms with Crippen LogP contribution in [0.5, 0.6) is 0 Å². The molecule has 0 rings (SSSR count). The summed E-state index contributed by atoms with van der Waals surface area (Å²) in [5, 5.41) is 0. The van der Waals surface area contributed by atoms with Crippen LogP contribution in [0.15, 0.2) is 60.8 Å². The van der Waals surface area contributed by atoms with Gasteiger partial charge in [-0.25, -0.2) is 0 Å². The Morgan fingerprint density at radius 1 is 0.600 bits per heavy atom. The van der Waals surface area contributed by atoms with Gasteiger partial charge in [-0.3, -0.25) is 4.79 Å². The molecule has 0 aromatic rings. The molecule has 0 atom stereocenters. The molecule has 0 radical (unpaired) electrons. The molecule has 0 aliphatic carbocycles. The van der Waals surface area contributed by atoms with Crippen molar-refractivity contribution in [3.63, 3.8) is 0 Å². The summed E-state index contributed by atoms with van der Waals surface area (Å²) in [4.78, 5) is 10.00. The van der Waals surface area contributed by atoms with Gasteiger partial charge in [0.25, 0.3) is 0 Å². The molecule has 110 valence electrons. The molecular weight excluding hydrogens is 244 g/mol. The number of rotatable bonds is 12. The highest BCUT2D eigenvalue weighted by Gasteiger charge is 1.87. The second-order valence-electron chi connectivity index (χ2n) is 4.66. The second kappa shape index (κ2) is 17.4. The first-order valence-electron chi connectivity index (χ1n) is 7.68. The third-order valence-electron chi connectivity index (χ3n) is 2.83. The molecule has 0 unspecified atom stereocenters. The first-order chi connectivity index (χ1) is 9.91.